The van der Waals surface area contributed by atoms with Crippen molar-refractivity contribution in [3.8, 4) is 0 Å². The molecule has 1 aliphatic rings. The van der Waals surface area contributed by atoms with Gasteiger partial charge in [0.1, 0.15) is 0 Å². The average molecular weight is 197 g/mol. The lowest BCUT2D eigenvalue weighted by Gasteiger charge is -2.16. The van der Waals surface area contributed by atoms with Crippen molar-refractivity contribution >= 4 is 5.91 Å². The highest BCUT2D eigenvalue weighted by Gasteiger charge is 2.28. The average Bonchev–Trinajstić information content (AvgIpc) is 2.59. The molecule has 0 aromatic heterocycles. The van der Waals surface area contributed by atoms with Crippen LogP contribution < -0.4 is 5.32 Å². The standard InChI is InChI=1S/C12H23NO/c1-3-4-5-6-7-10(2)11-8-9-13-12(11)14/h10-11H,3-9H2,1-2H3,(H,13,14). The number of amides is 1. The molecule has 0 aromatic rings. The first-order valence-corrected chi connectivity index (χ1v) is 6.03. The summed E-state index contributed by atoms with van der Waals surface area (Å²) in [6.07, 6.45) is 7.52. The van der Waals surface area contributed by atoms with Crippen molar-refractivity contribution in [3.05, 3.63) is 0 Å². The molecule has 0 bridgehead atoms. The van der Waals surface area contributed by atoms with Crippen LogP contribution in [0.15, 0.2) is 0 Å². The van der Waals surface area contributed by atoms with Crippen LogP contribution in [0.25, 0.3) is 0 Å². The highest BCUT2D eigenvalue weighted by atomic mass is 16.2. The van der Waals surface area contributed by atoms with Crippen LogP contribution in [0, 0.1) is 11.8 Å². The van der Waals surface area contributed by atoms with E-state index >= 15 is 0 Å². The molecule has 0 spiro atoms. The van der Waals surface area contributed by atoms with Gasteiger partial charge < -0.3 is 5.32 Å². The lowest BCUT2D eigenvalue weighted by atomic mass is 9.88. The molecule has 0 aromatic carbocycles. The van der Waals surface area contributed by atoms with Gasteiger partial charge in [-0.25, -0.2) is 0 Å². The first-order valence-electron chi connectivity index (χ1n) is 6.03. The maximum Gasteiger partial charge on any atom is 0.223 e. The second kappa shape index (κ2) is 6.05. The molecule has 1 amide bonds. The van der Waals surface area contributed by atoms with E-state index < -0.39 is 0 Å². The van der Waals surface area contributed by atoms with Crippen LogP contribution in [-0.2, 0) is 4.79 Å². The van der Waals surface area contributed by atoms with Crippen LogP contribution >= 0.6 is 0 Å². The Bertz CT molecular complexity index is 179. The molecule has 0 aliphatic carbocycles. The summed E-state index contributed by atoms with van der Waals surface area (Å²) in [7, 11) is 0. The molecule has 1 heterocycles. The van der Waals surface area contributed by atoms with Crippen molar-refractivity contribution in [2.75, 3.05) is 6.54 Å². The zero-order valence-corrected chi connectivity index (χ0v) is 9.51. The van der Waals surface area contributed by atoms with Crippen molar-refractivity contribution < 1.29 is 4.79 Å². The largest absolute Gasteiger partial charge is 0.356 e. The topological polar surface area (TPSA) is 29.1 Å². The van der Waals surface area contributed by atoms with Gasteiger partial charge in [0.2, 0.25) is 5.91 Å². The zero-order valence-electron chi connectivity index (χ0n) is 9.51. The molecular weight excluding hydrogens is 174 g/mol. The van der Waals surface area contributed by atoms with E-state index in [4.69, 9.17) is 0 Å². The normalized spacial score (nSPS) is 23.6. The molecule has 1 saturated heterocycles. The number of carbonyl (C=O) groups is 1. The van der Waals surface area contributed by atoms with Gasteiger partial charge >= 0.3 is 0 Å². The van der Waals surface area contributed by atoms with Crippen molar-refractivity contribution in [1.82, 2.24) is 5.32 Å². The van der Waals surface area contributed by atoms with Crippen LogP contribution in [0.5, 0.6) is 0 Å². The van der Waals surface area contributed by atoms with E-state index in [9.17, 15) is 4.79 Å². The zero-order chi connectivity index (χ0) is 10.4. The summed E-state index contributed by atoms with van der Waals surface area (Å²) in [5.74, 6) is 1.17. The van der Waals surface area contributed by atoms with E-state index in [-0.39, 0.29) is 5.91 Å². The van der Waals surface area contributed by atoms with E-state index in [1.54, 1.807) is 0 Å². The Hall–Kier alpha value is -0.530. The van der Waals surface area contributed by atoms with Crippen LogP contribution in [-0.4, -0.2) is 12.5 Å². The molecule has 1 fully saturated rings. The first kappa shape index (κ1) is 11.5. The third-order valence-electron chi connectivity index (χ3n) is 3.29. The fraction of sp³-hybridized carbons (Fsp3) is 0.917. The molecular formula is C12H23NO. The summed E-state index contributed by atoms with van der Waals surface area (Å²) in [5.41, 5.74) is 0. The SMILES string of the molecule is CCCCCCC(C)C1CCNC1=O. The van der Waals surface area contributed by atoms with Gasteiger partial charge in [-0.2, -0.15) is 0 Å². The Balaban J connectivity index is 2.14. The van der Waals surface area contributed by atoms with E-state index in [1.807, 2.05) is 0 Å². The van der Waals surface area contributed by atoms with Gasteiger partial charge in [-0.05, 0) is 18.8 Å². The van der Waals surface area contributed by atoms with Gasteiger partial charge in [0.05, 0.1) is 0 Å². The Kier molecular flexibility index (Phi) is 4.99. The van der Waals surface area contributed by atoms with Gasteiger partial charge in [-0.1, -0.05) is 39.5 Å². The number of hydrogen-bond donors (Lipinski definition) is 1. The van der Waals surface area contributed by atoms with Gasteiger partial charge in [-0.15, -0.1) is 0 Å². The summed E-state index contributed by atoms with van der Waals surface area (Å²) < 4.78 is 0. The number of nitrogens with one attached hydrogen (secondary N) is 1. The van der Waals surface area contributed by atoms with E-state index in [1.165, 1.54) is 32.1 Å². The minimum Gasteiger partial charge on any atom is -0.356 e. The summed E-state index contributed by atoms with van der Waals surface area (Å²) in [5, 5.41) is 2.91. The third kappa shape index (κ3) is 3.32. The fourth-order valence-corrected chi connectivity index (χ4v) is 2.25. The van der Waals surface area contributed by atoms with Crippen molar-refractivity contribution in [1.29, 1.82) is 0 Å². The smallest absolute Gasteiger partial charge is 0.223 e. The Morgan fingerprint density at radius 1 is 1.43 bits per heavy atom. The molecule has 1 N–H and O–H groups in total. The van der Waals surface area contributed by atoms with E-state index in [2.05, 4.69) is 19.2 Å². The summed E-state index contributed by atoms with van der Waals surface area (Å²) >= 11 is 0. The van der Waals surface area contributed by atoms with Gasteiger partial charge in [0.15, 0.2) is 0 Å². The number of carbonyl (C=O) groups excluding carboxylic acids is 1. The molecule has 2 nitrogen and oxygen atoms in total. The fourth-order valence-electron chi connectivity index (χ4n) is 2.25. The second-order valence-electron chi connectivity index (χ2n) is 4.51. The Morgan fingerprint density at radius 3 is 2.79 bits per heavy atom. The Labute approximate surface area is 87.5 Å². The minimum atomic E-state index is 0.285. The number of unbranched alkanes of at least 4 members (excludes halogenated alkanes) is 3. The van der Waals surface area contributed by atoms with Crippen LogP contribution in [0.3, 0.4) is 0 Å². The molecule has 82 valence electrons. The number of hydrogen-bond acceptors (Lipinski definition) is 1. The molecule has 2 unspecified atom stereocenters. The maximum absolute atomic E-state index is 11.4. The molecule has 2 heteroatoms. The number of rotatable bonds is 6. The lowest BCUT2D eigenvalue weighted by molar-refractivity contribution is -0.123. The van der Waals surface area contributed by atoms with E-state index in [0.717, 1.165) is 13.0 Å². The predicted octanol–water partition coefficient (Wildman–Crippen LogP) is 2.73. The molecule has 2 atom stereocenters. The summed E-state index contributed by atoms with van der Waals surface area (Å²) in [4.78, 5) is 11.4. The van der Waals surface area contributed by atoms with Gasteiger partial charge in [0, 0.05) is 12.5 Å². The molecule has 1 aliphatic heterocycles. The van der Waals surface area contributed by atoms with Crippen molar-refractivity contribution in [2.24, 2.45) is 11.8 Å². The molecule has 1 rings (SSSR count). The monoisotopic (exact) mass is 197 g/mol. The lowest BCUT2D eigenvalue weighted by Crippen LogP contribution is -2.23. The Morgan fingerprint density at radius 2 is 2.21 bits per heavy atom. The quantitative estimate of drug-likeness (QED) is 0.652. The van der Waals surface area contributed by atoms with Crippen LogP contribution in [0.1, 0.15) is 52.4 Å². The van der Waals surface area contributed by atoms with Crippen molar-refractivity contribution in [3.63, 3.8) is 0 Å². The maximum atomic E-state index is 11.4. The third-order valence-corrected chi connectivity index (χ3v) is 3.29. The summed E-state index contributed by atoms with van der Waals surface area (Å²) in [6, 6.07) is 0. The highest BCUT2D eigenvalue weighted by Crippen LogP contribution is 2.24. The van der Waals surface area contributed by atoms with Gasteiger partial charge in [-0.3, -0.25) is 4.79 Å². The summed E-state index contributed by atoms with van der Waals surface area (Å²) in [6.45, 7) is 5.35. The second-order valence-corrected chi connectivity index (χ2v) is 4.51. The van der Waals surface area contributed by atoms with Gasteiger partial charge in [0.25, 0.3) is 0 Å². The van der Waals surface area contributed by atoms with E-state index in [0.29, 0.717) is 11.8 Å². The van der Waals surface area contributed by atoms with Crippen LogP contribution in [0.4, 0.5) is 0 Å². The highest BCUT2D eigenvalue weighted by molar-refractivity contribution is 5.80. The molecule has 0 radical (unpaired) electrons. The van der Waals surface area contributed by atoms with Crippen molar-refractivity contribution in [2.45, 2.75) is 52.4 Å². The molecule has 14 heavy (non-hydrogen) atoms. The first-order chi connectivity index (χ1) is 6.75. The predicted molar refractivity (Wildman–Crippen MR) is 59.0 cm³/mol. The minimum absolute atomic E-state index is 0.285. The van der Waals surface area contributed by atoms with Crippen LogP contribution in [0.2, 0.25) is 0 Å². The molecule has 0 saturated carbocycles.